The van der Waals surface area contributed by atoms with Gasteiger partial charge in [0.15, 0.2) is 15.1 Å². The van der Waals surface area contributed by atoms with Gasteiger partial charge in [0.2, 0.25) is 0 Å². The van der Waals surface area contributed by atoms with Crippen molar-refractivity contribution in [3.8, 4) is 0 Å². The normalized spacial score (nSPS) is 13.3. The highest BCUT2D eigenvalue weighted by Crippen LogP contribution is 2.23. The van der Waals surface area contributed by atoms with Gasteiger partial charge in [0.1, 0.15) is 5.82 Å². The number of carbonyl (C=O) groups is 1. The third kappa shape index (κ3) is 3.20. The Bertz CT molecular complexity index is 536. The number of halogens is 2. The van der Waals surface area contributed by atoms with Crippen molar-refractivity contribution in [2.24, 2.45) is 0 Å². The Morgan fingerprint density at radius 2 is 2.11 bits per heavy atom. The number of carboxylic acids is 1. The first kappa shape index (κ1) is 14.9. The lowest BCUT2D eigenvalue weighted by molar-refractivity contribution is -0.136. The zero-order valence-corrected chi connectivity index (χ0v) is 11.1. The molecule has 1 aromatic carbocycles. The molecule has 0 saturated carbocycles. The average molecular weight is 295 g/mol. The monoisotopic (exact) mass is 294 g/mol. The minimum atomic E-state index is -3.99. The van der Waals surface area contributed by atoms with Gasteiger partial charge in [-0.3, -0.25) is 4.79 Å². The zero-order chi connectivity index (χ0) is 13.9. The van der Waals surface area contributed by atoms with Crippen LogP contribution in [0.3, 0.4) is 0 Å². The summed E-state index contributed by atoms with van der Waals surface area (Å²) in [5.41, 5.74) is -0.195. The van der Waals surface area contributed by atoms with Crippen molar-refractivity contribution >= 4 is 27.4 Å². The Balaban J connectivity index is 3.14. The Labute approximate surface area is 109 Å². The van der Waals surface area contributed by atoms with Crippen LogP contribution in [0.1, 0.15) is 18.9 Å². The lowest BCUT2D eigenvalue weighted by atomic mass is 10.2. The van der Waals surface area contributed by atoms with Crippen LogP contribution >= 0.6 is 11.6 Å². The molecule has 0 spiro atoms. The third-order valence-electron chi connectivity index (χ3n) is 2.49. The molecule has 1 unspecified atom stereocenters. The topological polar surface area (TPSA) is 71.4 Å². The summed E-state index contributed by atoms with van der Waals surface area (Å²) in [4.78, 5) is 10.8. The van der Waals surface area contributed by atoms with E-state index >= 15 is 0 Å². The van der Waals surface area contributed by atoms with Gasteiger partial charge in [0, 0.05) is 10.6 Å². The smallest absolute Gasteiger partial charge is 0.321 e. The van der Waals surface area contributed by atoms with Gasteiger partial charge in [-0.1, -0.05) is 24.6 Å². The van der Waals surface area contributed by atoms with Gasteiger partial charge >= 0.3 is 5.97 Å². The summed E-state index contributed by atoms with van der Waals surface area (Å²) in [6.07, 6.45) is -0.0796. The van der Waals surface area contributed by atoms with E-state index in [4.69, 9.17) is 16.7 Å². The summed E-state index contributed by atoms with van der Waals surface area (Å²) < 4.78 is 37.2. The summed E-state index contributed by atoms with van der Waals surface area (Å²) in [6.45, 7) is 1.44. The van der Waals surface area contributed by atoms with Crippen LogP contribution in [0.5, 0.6) is 0 Å². The van der Waals surface area contributed by atoms with E-state index in [9.17, 15) is 17.6 Å². The van der Waals surface area contributed by atoms with E-state index in [0.717, 1.165) is 6.07 Å². The molecule has 1 atom stereocenters. The molecule has 7 heteroatoms. The van der Waals surface area contributed by atoms with Gasteiger partial charge < -0.3 is 5.11 Å². The molecule has 0 aliphatic carbocycles. The summed E-state index contributed by atoms with van der Waals surface area (Å²) in [7, 11) is -3.99. The molecular weight excluding hydrogens is 283 g/mol. The van der Waals surface area contributed by atoms with Crippen LogP contribution in [0, 0.1) is 5.82 Å². The van der Waals surface area contributed by atoms with Gasteiger partial charge in [-0.25, -0.2) is 12.8 Å². The highest BCUT2D eigenvalue weighted by molar-refractivity contribution is 7.92. The van der Waals surface area contributed by atoms with E-state index in [1.165, 1.54) is 19.1 Å². The molecule has 0 heterocycles. The largest absolute Gasteiger partial charge is 0.480 e. The molecule has 1 rings (SSSR count). The van der Waals surface area contributed by atoms with Crippen LogP contribution in [0.15, 0.2) is 18.2 Å². The van der Waals surface area contributed by atoms with Crippen molar-refractivity contribution in [1.82, 2.24) is 0 Å². The molecule has 1 N–H and O–H groups in total. The standard InChI is InChI=1S/C11H12ClFO4S/c1-2-10(11(14)15)18(16,17)6-7-8(12)4-3-5-9(7)13/h3-5,10H,2,6H2,1H3,(H,14,15). The molecule has 0 radical (unpaired) electrons. The zero-order valence-electron chi connectivity index (χ0n) is 9.56. The van der Waals surface area contributed by atoms with Crippen LogP contribution < -0.4 is 0 Å². The number of hydrogen-bond acceptors (Lipinski definition) is 3. The summed E-state index contributed by atoms with van der Waals surface area (Å²) in [5.74, 6) is -2.92. The van der Waals surface area contributed by atoms with Crippen molar-refractivity contribution in [1.29, 1.82) is 0 Å². The number of benzene rings is 1. The molecule has 0 amide bonds. The van der Waals surface area contributed by atoms with Gasteiger partial charge in [-0.05, 0) is 18.6 Å². The fraction of sp³-hybridized carbons (Fsp3) is 0.364. The second-order valence-electron chi connectivity index (χ2n) is 3.74. The molecule has 0 saturated heterocycles. The lowest BCUT2D eigenvalue weighted by Gasteiger charge is -2.12. The Kier molecular flexibility index (Phi) is 4.70. The van der Waals surface area contributed by atoms with Crippen LogP contribution in [0.2, 0.25) is 5.02 Å². The van der Waals surface area contributed by atoms with Gasteiger partial charge in [0.25, 0.3) is 0 Å². The minimum absolute atomic E-state index is 0.0289. The van der Waals surface area contributed by atoms with Crippen LogP contribution in [-0.4, -0.2) is 24.7 Å². The molecule has 0 aliphatic rings. The number of aliphatic carboxylic acids is 1. The van der Waals surface area contributed by atoms with E-state index in [1.807, 2.05) is 0 Å². The molecule has 0 aromatic heterocycles. The van der Waals surface area contributed by atoms with Crippen molar-refractivity contribution in [3.63, 3.8) is 0 Å². The lowest BCUT2D eigenvalue weighted by Crippen LogP contribution is -2.30. The van der Waals surface area contributed by atoms with Crippen molar-refractivity contribution in [2.75, 3.05) is 0 Å². The molecule has 0 bridgehead atoms. The minimum Gasteiger partial charge on any atom is -0.480 e. The number of hydrogen-bond donors (Lipinski definition) is 1. The fourth-order valence-electron chi connectivity index (χ4n) is 1.55. The molecule has 0 fully saturated rings. The molecule has 1 aromatic rings. The van der Waals surface area contributed by atoms with E-state index in [-0.39, 0.29) is 17.0 Å². The highest BCUT2D eigenvalue weighted by Gasteiger charge is 2.32. The maximum Gasteiger partial charge on any atom is 0.321 e. The van der Waals surface area contributed by atoms with Gasteiger partial charge in [-0.15, -0.1) is 0 Å². The number of sulfone groups is 1. The first-order chi connectivity index (χ1) is 8.29. The second-order valence-corrected chi connectivity index (χ2v) is 6.33. The van der Waals surface area contributed by atoms with E-state index < -0.39 is 32.6 Å². The molecule has 100 valence electrons. The van der Waals surface area contributed by atoms with E-state index in [2.05, 4.69) is 0 Å². The predicted octanol–water partition coefficient (Wildman–Crippen LogP) is 2.26. The van der Waals surface area contributed by atoms with E-state index in [0.29, 0.717) is 0 Å². The Morgan fingerprint density at radius 1 is 1.50 bits per heavy atom. The maximum atomic E-state index is 13.5. The Morgan fingerprint density at radius 3 is 2.56 bits per heavy atom. The van der Waals surface area contributed by atoms with Crippen molar-refractivity contribution < 1.29 is 22.7 Å². The average Bonchev–Trinajstić information content (AvgIpc) is 2.23. The third-order valence-corrected chi connectivity index (χ3v) is 4.93. The maximum absolute atomic E-state index is 13.5. The van der Waals surface area contributed by atoms with Crippen LogP contribution in [0.4, 0.5) is 4.39 Å². The first-order valence-electron chi connectivity index (χ1n) is 5.17. The summed E-state index contributed by atoms with van der Waals surface area (Å²) in [5, 5.41) is 7.24. The van der Waals surface area contributed by atoms with Gasteiger partial charge in [0.05, 0.1) is 5.75 Å². The summed E-state index contributed by atoms with van der Waals surface area (Å²) in [6, 6.07) is 3.79. The second kappa shape index (κ2) is 5.67. The number of carboxylic acid groups (broad SMARTS) is 1. The van der Waals surface area contributed by atoms with Crippen LogP contribution in [0.25, 0.3) is 0 Å². The molecular formula is C11H12ClFO4S. The Hall–Kier alpha value is -1.14. The van der Waals surface area contributed by atoms with E-state index in [1.54, 1.807) is 0 Å². The quantitative estimate of drug-likeness (QED) is 0.904. The highest BCUT2D eigenvalue weighted by atomic mass is 35.5. The van der Waals surface area contributed by atoms with Crippen molar-refractivity contribution in [3.05, 3.63) is 34.6 Å². The number of rotatable bonds is 5. The molecule has 0 aliphatic heterocycles. The summed E-state index contributed by atoms with van der Waals surface area (Å²) >= 11 is 5.71. The fourth-order valence-corrected chi connectivity index (χ4v) is 3.58. The van der Waals surface area contributed by atoms with Crippen molar-refractivity contribution in [2.45, 2.75) is 24.3 Å². The molecule has 4 nitrogen and oxygen atoms in total. The predicted molar refractivity (Wildman–Crippen MR) is 65.7 cm³/mol. The van der Waals surface area contributed by atoms with Gasteiger partial charge in [-0.2, -0.15) is 0 Å². The van der Waals surface area contributed by atoms with Crippen LogP contribution in [-0.2, 0) is 20.4 Å². The SMILES string of the molecule is CCC(C(=O)O)S(=O)(=O)Cc1c(F)cccc1Cl. The first-order valence-corrected chi connectivity index (χ1v) is 7.26. The molecule has 18 heavy (non-hydrogen) atoms.